The van der Waals surface area contributed by atoms with Crippen LogP contribution >= 0.6 is 11.6 Å². The van der Waals surface area contributed by atoms with Gasteiger partial charge in [-0.25, -0.2) is 0 Å². The van der Waals surface area contributed by atoms with Crippen molar-refractivity contribution in [2.24, 2.45) is 0 Å². The number of alkyl halides is 1. The van der Waals surface area contributed by atoms with E-state index in [0.717, 1.165) is 25.7 Å². The van der Waals surface area contributed by atoms with E-state index in [-0.39, 0.29) is 12.1 Å². The molecule has 0 saturated carbocycles. The van der Waals surface area contributed by atoms with Crippen molar-refractivity contribution in [2.75, 3.05) is 5.88 Å². The molecule has 2 nitrogen and oxygen atoms in total. The third-order valence-corrected chi connectivity index (χ3v) is 2.89. The quantitative estimate of drug-likeness (QED) is 0.327. The Kier molecular flexibility index (Phi) is 11.1. The highest BCUT2D eigenvalue weighted by Gasteiger charge is 2.10. The van der Waals surface area contributed by atoms with Crippen molar-refractivity contribution in [3.05, 3.63) is 0 Å². The Morgan fingerprint density at radius 1 is 1.12 bits per heavy atom. The lowest BCUT2D eigenvalue weighted by Crippen LogP contribution is -2.16. The fourth-order valence-electron chi connectivity index (χ4n) is 1.78. The van der Waals surface area contributed by atoms with E-state index in [0.29, 0.717) is 5.88 Å². The van der Waals surface area contributed by atoms with Gasteiger partial charge in [-0.3, -0.25) is 4.79 Å². The van der Waals surface area contributed by atoms with E-state index in [1.165, 1.54) is 32.6 Å². The highest BCUT2D eigenvalue weighted by atomic mass is 35.5. The first-order valence-corrected chi connectivity index (χ1v) is 6.97. The maximum Gasteiger partial charge on any atom is 0.302 e. The molecular weight excluding hydrogens is 224 g/mol. The van der Waals surface area contributed by atoms with Gasteiger partial charge < -0.3 is 4.74 Å². The van der Waals surface area contributed by atoms with Crippen LogP contribution in [0, 0.1) is 0 Å². The summed E-state index contributed by atoms with van der Waals surface area (Å²) in [6.07, 6.45) is 9.15. The van der Waals surface area contributed by atoms with Crippen LogP contribution in [0.5, 0.6) is 0 Å². The van der Waals surface area contributed by atoms with Crippen LogP contribution in [-0.2, 0) is 9.53 Å². The number of carbonyl (C=O) groups is 1. The maximum atomic E-state index is 10.9. The zero-order valence-electron chi connectivity index (χ0n) is 10.6. The summed E-state index contributed by atoms with van der Waals surface area (Å²) in [6, 6.07) is 0. The summed E-state index contributed by atoms with van der Waals surface area (Å²) in [5.74, 6) is 0.473. The summed E-state index contributed by atoms with van der Waals surface area (Å²) in [4.78, 5) is 10.9. The Hall–Kier alpha value is -0.240. The molecular formula is C13H25ClO2. The molecule has 0 N–H and O–H groups in total. The normalized spacial score (nSPS) is 12.4. The molecule has 96 valence electrons. The molecule has 1 unspecified atom stereocenters. The van der Waals surface area contributed by atoms with Crippen molar-refractivity contribution in [3.63, 3.8) is 0 Å². The van der Waals surface area contributed by atoms with Gasteiger partial charge in [0.15, 0.2) is 0 Å². The number of rotatable bonds is 10. The van der Waals surface area contributed by atoms with E-state index in [9.17, 15) is 4.79 Å². The van der Waals surface area contributed by atoms with Gasteiger partial charge in [-0.2, -0.15) is 0 Å². The third kappa shape index (κ3) is 10.3. The molecule has 0 rings (SSSR count). The molecule has 0 heterocycles. The molecule has 0 amide bonds. The van der Waals surface area contributed by atoms with Gasteiger partial charge in [0.25, 0.3) is 0 Å². The van der Waals surface area contributed by atoms with Gasteiger partial charge in [0.05, 0.1) is 0 Å². The summed E-state index contributed by atoms with van der Waals surface area (Å²) in [6.45, 7) is 3.69. The molecule has 0 aliphatic rings. The van der Waals surface area contributed by atoms with E-state index in [2.05, 4.69) is 6.92 Å². The fraction of sp³-hybridized carbons (Fsp3) is 0.923. The molecule has 0 aromatic heterocycles. The van der Waals surface area contributed by atoms with E-state index < -0.39 is 0 Å². The van der Waals surface area contributed by atoms with Crippen molar-refractivity contribution in [1.29, 1.82) is 0 Å². The van der Waals surface area contributed by atoms with Crippen molar-refractivity contribution in [2.45, 2.75) is 71.3 Å². The van der Waals surface area contributed by atoms with E-state index in [1.54, 1.807) is 0 Å². The van der Waals surface area contributed by atoms with Crippen LogP contribution in [0.3, 0.4) is 0 Å². The average molecular weight is 249 g/mol. The van der Waals surface area contributed by atoms with E-state index >= 15 is 0 Å². The first-order valence-electron chi connectivity index (χ1n) is 6.43. The van der Waals surface area contributed by atoms with Gasteiger partial charge >= 0.3 is 5.97 Å². The summed E-state index contributed by atoms with van der Waals surface area (Å²) >= 11 is 5.64. The largest absolute Gasteiger partial charge is 0.463 e. The second kappa shape index (κ2) is 11.3. The van der Waals surface area contributed by atoms with Crippen LogP contribution < -0.4 is 0 Å². The number of hydrogen-bond donors (Lipinski definition) is 0. The number of ether oxygens (including phenoxy) is 1. The van der Waals surface area contributed by atoms with Crippen LogP contribution in [0.4, 0.5) is 0 Å². The lowest BCUT2D eigenvalue weighted by molar-refractivity contribution is -0.147. The molecule has 0 aromatic carbocycles. The van der Waals surface area contributed by atoms with Gasteiger partial charge in [-0.05, 0) is 25.7 Å². The standard InChI is InChI=1S/C13H25ClO2/c1-3-4-5-6-7-9-13(10-8-11-14)16-12(2)15/h13H,3-11H2,1-2H3. The number of esters is 1. The highest BCUT2D eigenvalue weighted by Crippen LogP contribution is 2.14. The summed E-state index contributed by atoms with van der Waals surface area (Å²) in [5.41, 5.74) is 0. The maximum absolute atomic E-state index is 10.9. The second-order valence-corrected chi connectivity index (χ2v) is 4.64. The zero-order chi connectivity index (χ0) is 12.2. The molecule has 0 fully saturated rings. The van der Waals surface area contributed by atoms with Crippen molar-refractivity contribution >= 4 is 17.6 Å². The molecule has 3 heteroatoms. The summed E-state index contributed by atoms with van der Waals surface area (Å²) in [7, 11) is 0. The Morgan fingerprint density at radius 3 is 2.31 bits per heavy atom. The van der Waals surface area contributed by atoms with Crippen LogP contribution in [0.25, 0.3) is 0 Å². The monoisotopic (exact) mass is 248 g/mol. The Morgan fingerprint density at radius 2 is 1.75 bits per heavy atom. The highest BCUT2D eigenvalue weighted by molar-refractivity contribution is 6.17. The van der Waals surface area contributed by atoms with Gasteiger partial charge in [-0.1, -0.05) is 32.6 Å². The van der Waals surface area contributed by atoms with Crippen molar-refractivity contribution in [1.82, 2.24) is 0 Å². The number of carbonyl (C=O) groups excluding carboxylic acids is 1. The SMILES string of the molecule is CCCCCCCC(CCCCl)OC(C)=O. The van der Waals surface area contributed by atoms with Gasteiger partial charge in [0.2, 0.25) is 0 Å². The van der Waals surface area contributed by atoms with E-state index in [1.807, 2.05) is 0 Å². The molecule has 0 saturated heterocycles. The van der Waals surface area contributed by atoms with Crippen LogP contribution in [0.1, 0.15) is 65.2 Å². The summed E-state index contributed by atoms with van der Waals surface area (Å²) in [5, 5.41) is 0. The van der Waals surface area contributed by atoms with Crippen LogP contribution in [0.15, 0.2) is 0 Å². The fourth-order valence-corrected chi connectivity index (χ4v) is 1.93. The van der Waals surface area contributed by atoms with Gasteiger partial charge in [-0.15, -0.1) is 11.6 Å². The Balaban J connectivity index is 3.60. The first kappa shape index (κ1) is 15.8. The Labute approximate surface area is 105 Å². The molecule has 1 atom stereocenters. The predicted molar refractivity (Wildman–Crippen MR) is 68.9 cm³/mol. The smallest absolute Gasteiger partial charge is 0.302 e. The zero-order valence-corrected chi connectivity index (χ0v) is 11.4. The molecule has 0 bridgehead atoms. The van der Waals surface area contributed by atoms with E-state index in [4.69, 9.17) is 16.3 Å². The topological polar surface area (TPSA) is 26.3 Å². The van der Waals surface area contributed by atoms with Gasteiger partial charge in [0, 0.05) is 12.8 Å². The number of unbranched alkanes of at least 4 members (excludes halogenated alkanes) is 4. The minimum absolute atomic E-state index is 0.0814. The van der Waals surface area contributed by atoms with Crippen LogP contribution in [0.2, 0.25) is 0 Å². The minimum atomic E-state index is -0.173. The third-order valence-electron chi connectivity index (χ3n) is 2.62. The summed E-state index contributed by atoms with van der Waals surface area (Å²) < 4.78 is 5.26. The molecule has 0 aliphatic heterocycles. The Bertz CT molecular complexity index is 171. The van der Waals surface area contributed by atoms with Crippen molar-refractivity contribution < 1.29 is 9.53 Å². The first-order chi connectivity index (χ1) is 7.70. The molecule has 0 aromatic rings. The number of hydrogen-bond acceptors (Lipinski definition) is 2. The minimum Gasteiger partial charge on any atom is -0.463 e. The van der Waals surface area contributed by atoms with Gasteiger partial charge in [0.1, 0.15) is 6.10 Å². The van der Waals surface area contributed by atoms with Crippen molar-refractivity contribution in [3.8, 4) is 0 Å². The lowest BCUT2D eigenvalue weighted by Gasteiger charge is -2.16. The molecule has 0 aliphatic carbocycles. The molecule has 0 spiro atoms. The average Bonchev–Trinajstić information content (AvgIpc) is 2.24. The van der Waals surface area contributed by atoms with Crippen LogP contribution in [-0.4, -0.2) is 18.0 Å². The predicted octanol–water partition coefficient (Wildman–Crippen LogP) is 4.30. The molecule has 0 radical (unpaired) electrons. The second-order valence-electron chi connectivity index (χ2n) is 4.27. The number of halogens is 1. The lowest BCUT2D eigenvalue weighted by atomic mass is 10.1. The molecule has 16 heavy (non-hydrogen) atoms.